The maximum absolute atomic E-state index is 5.00. The van der Waals surface area contributed by atoms with Crippen molar-refractivity contribution < 1.29 is 0 Å². The Morgan fingerprint density at radius 3 is 1.56 bits per heavy atom. The second-order valence-electron chi connectivity index (χ2n) is 10.7. The van der Waals surface area contributed by atoms with Gasteiger partial charge in [0.2, 0.25) is 0 Å². The average molecular weight is 550 g/mol. The van der Waals surface area contributed by atoms with E-state index in [9.17, 15) is 0 Å². The highest BCUT2D eigenvalue weighted by Gasteiger charge is 2.14. The summed E-state index contributed by atoms with van der Waals surface area (Å²) in [7, 11) is 0. The monoisotopic (exact) mass is 549 g/mol. The van der Waals surface area contributed by atoms with E-state index >= 15 is 0 Å². The Kier molecular flexibility index (Phi) is 6.12. The van der Waals surface area contributed by atoms with E-state index in [1.165, 1.54) is 27.4 Å². The van der Waals surface area contributed by atoms with Crippen molar-refractivity contribution in [3.63, 3.8) is 0 Å². The molecule has 0 saturated carbocycles. The summed E-state index contributed by atoms with van der Waals surface area (Å²) in [5.74, 6) is 0.722. The summed E-state index contributed by atoms with van der Waals surface area (Å²) in [5, 5.41) is 2.51. The van der Waals surface area contributed by atoms with Gasteiger partial charge >= 0.3 is 0 Å². The number of benzene rings is 6. The highest BCUT2D eigenvalue weighted by molar-refractivity contribution is 6.10. The molecule has 0 aliphatic heterocycles. The number of rotatable bonds is 5. The van der Waals surface area contributed by atoms with Gasteiger partial charge in [0.25, 0.3) is 0 Å². The zero-order valence-electron chi connectivity index (χ0n) is 23.4. The fraction of sp³-hybridized carbons (Fsp3) is 0. The van der Waals surface area contributed by atoms with Gasteiger partial charge in [-0.25, -0.2) is 9.97 Å². The van der Waals surface area contributed by atoms with Crippen LogP contribution in [0.2, 0.25) is 0 Å². The second-order valence-corrected chi connectivity index (χ2v) is 10.7. The van der Waals surface area contributed by atoms with Crippen molar-refractivity contribution in [1.82, 2.24) is 14.5 Å². The summed E-state index contributed by atoms with van der Waals surface area (Å²) in [6, 6.07) is 57.3. The highest BCUT2D eigenvalue weighted by Crippen LogP contribution is 2.35. The lowest BCUT2D eigenvalue weighted by Gasteiger charge is -2.11. The molecule has 2 aromatic heterocycles. The van der Waals surface area contributed by atoms with Crippen molar-refractivity contribution in [2.24, 2.45) is 0 Å². The van der Waals surface area contributed by atoms with Crippen LogP contribution in [0, 0.1) is 0 Å². The summed E-state index contributed by atoms with van der Waals surface area (Å²) >= 11 is 0. The number of para-hydroxylation sites is 2. The quantitative estimate of drug-likeness (QED) is 0.214. The van der Waals surface area contributed by atoms with E-state index in [-0.39, 0.29) is 0 Å². The topological polar surface area (TPSA) is 30.7 Å². The van der Waals surface area contributed by atoms with Crippen molar-refractivity contribution in [2.75, 3.05) is 0 Å². The molecule has 202 valence electrons. The van der Waals surface area contributed by atoms with Crippen LogP contribution in [0.3, 0.4) is 0 Å². The number of fused-ring (bicyclic) bond motifs is 3. The fourth-order valence-electron chi connectivity index (χ4n) is 5.91. The third-order valence-electron chi connectivity index (χ3n) is 8.03. The molecule has 8 rings (SSSR count). The summed E-state index contributed by atoms with van der Waals surface area (Å²) < 4.78 is 2.36. The summed E-state index contributed by atoms with van der Waals surface area (Å²) in [4.78, 5) is 9.93. The molecule has 6 aromatic carbocycles. The first kappa shape index (κ1) is 25.0. The third kappa shape index (κ3) is 4.58. The Balaban J connectivity index is 1.22. The van der Waals surface area contributed by atoms with E-state index in [1.807, 2.05) is 36.4 Å². The molecule has 0 N–H and O–H groups in total. The van der Waals surface area contributed by atoms with Crippen LogP contribution >= 0.6 is 0 Å². The maximum Gasteiger partial charge on any atom is 0.160 e. The lowest BCUT2D eigenvalue weighted by molar-refractivity contribution is 1.18. The molecule has 43 heavy (non-hydrogen) atoms. The van der Waals surface area contributed by atoms with Crippen molar-refractivity contribution in [3.8, 4) is 50.7 Å². The predicted molar refractivity (Wildman–Crippen MR) is 178 cm³/mol. The molecule has 0 atom stereocenters. The first-order valence-electron chi connectivity index (χ1n) is 14.5. The molecule has 0 radical (unpaired) electrons. The molecule has 3 nitrogen and oxygen atoms in total. The molecule has 0 bridgehead atoms. The van der Waals surface area contributed by atoms with Gasteiger partial charge in [-0.3, -0.25) is 0 Å². The van der Waals surface area contributed by atoms with Gasteiger partial charge in [-0.2, -0.15) is 0 Å². The standard InChI is InChI=1S/C40H27N3/c1-4-12-29(13-5-1)36-27-37(42-40(41-36)31-14-6-2-7-15-31)30-22-20-28(21-23-30)32-24-25-35-34-18-10-11-19-38(34)43(39(35)26-32)33-16-8-3-9-17-33/h1-27H. The smallest absolute Gasteiger partial charge is 0.160 e. The van der Waals surface area contributed by atoms with Crippen molar-refractivity contribution in [1.29, 1.82) is 0 Å². The molecule has 0 fully saturated rings. The molecule has 8 aromatic rings. The zero-order chi connectivity index (χ0) is 28.6. The van der Waals surface area contributed by atoms with Gasteiger partial charge in [-0.15, -0.1) is 0 Å². The minimum absolute atomic E-state index is 0.722. The normalized spacial score (nSPS) is 11.3. The van der Waals surface area contributed by atoms with Crippen molar-refractivity contribution >= 4 is 21.8 Å². The van der Waals surface area contributed by atoms with Crippen molar-refractivity contribution in [3.05, 3.63) is 164 Å². The molecular formula is C40H27N3. The van der Waals surface area contributed by atoms with Crippen LogP contribution in [0.25, 0.3) is 72.5 Å². The molecule has 2 heterocycles. The molecule has 0 spiro atoms. The van der Waals surface area contributed by atoms with Crippen molar-refractivity contribution in [2.45, 2.75) is 0 Å². The van der Waals surface area contributed by atoms with Crippen LogP contribution in [0.15, 0.2) is 164 Å². The lowest BCUT2D eigenvalue weighted by atomic mass is 10.0. The Morgan fingerprint density at radius 1 is 0.349 bits per heavy atom. The van der Waals surface area contributed by atoms with Crippen LogP contribution in [-0.2, 0) is 0 Å². The Morgan fingerprint density at radius 2 is 0.860 bits per heavy atom. The molecule has 0 unspecified atom stereocenters. The van der Waals surface area contributed by atoms with Crippen LogP contribution < -0.4 is 0 Å². The SMILES string of the molecule is c1ccc(-c2cc(-c3ccc(-c4ccc5c6ccccc6n(-c6ccccc6)c5c4)cc3)nc(-c3ccccc3)n2)cc1. The van der Waals surface area contributed by atoms with E-state index in [2.05, 4.69) is 132 Å². The van der Waals surface area contributed by atoms with E-state index in [4.69, 9.17) is 9.97 Å². The van der Waals surface area contributed by atoms with E-state index in [1.54, 1.807) is 0 Å². The number of nitrogens with zero attached hydrogens (tertiary/aromatic N) is 3. The number of hydrogen-bond acceptors (Lipinski definition) is 2. The number of aromatic nitrogens is 3. The summed E-state index contributed by atoms with van der Waals surface area (Å²) in [5.41, 5.74) is 10.9. The van der Waals surface area contributed by atoms with Gasteiger partial charge in [-0.1, -0.05) is 133 Å². The minimum Gasteiger partial charge on any atom is -0.309 e. The van der Waals surface area contributed by atoms with E-state index < -0.39 is 0 Å². The molecule has 3 heteroatoms. The van der Waals surface area contributed by atoms with Gasteiger partial charge in [0.1, 0.15) is 0 Å². The first-order valence-corrected chi connectivity index (χ1v) is 14.5. The maximum atomic E-state index is 5.00. The van der Waals surface area contributed by atoms with Crippen LogP contribution in [0.4, 0.5) is 0 Å². The van der Waals surface area contributed by atoms with E-state index in [0.717, 1.165) is 45.2 Å². The fourth-order valence-corrected chi connectivity index (χ4v) is 5.91. The van der Waals surface area contributed by atoms with Crippen LogP contribution in [-0.4, -0.2) is 14.5 Å². The summed E-state index contributed by atoms with van der Waals surface area (Å²) in [6.45, 7) is 0. The Labute approximate surface area is 250 Å². The molecule has 0 aliphatic rings. The molecular weight excluding hydrogens is 522 g/mol. The molecule has 0 aliphatic carbocycles. The van der Waals surface area contributed by atoms with E-state index in [0.29, 0.717) is 0 Å². The van der Waals surface area contributed by atoms with Crippen LogP contribution in [0.1, 0.15) is 0 Å². The number of hydrogen-bond donors (Lipinski definition) is 0. The average Bonchev–Trinajstić information content (AvgIpc) is 3.43. The summed E-state index contributed by atoms with van der Waals surface area (Å²) in [6.07, 6.45) is 0. The van der Waals surface area contributed by atoms with Gasteiger partial charge in [-0.05, 0) is 41.5 Å². The van der Waals surface area contributed by atoms with Gasteiger partial charge in [0.15, 0.2) is 5.82 Å². The first-order chi connectivity index (χ1) is 21.3. The highest BCUT2D eigenvalue weighted by atomic mass is 15.0. The Bertz CT molecular complexity index is 2140. The largest absolute Gasteiger partial charge is 0.309 e. The van der Waals surface area contributed by atoms with Gasteiger partial charge in [0, 0.05) is 33.2 Å². The lowest BCUT2D eigenvalue weighted by Crippen LogP contribution is -1.95. The predicted octanol–water partition coefficient (Wildman–Crippen LogP) is 10.2. The minimum atomic E-state index is 0.722. The third-order valence-corrected chi connectivity index (χ3v) is 8.03. The molecule has 0 saturated heterocycles. The Hall–Kier alpha value is -5.80. The van der Waals surface area contributed by atoms with Gasteiger partial charge < -0.3 is 4.57 Å². The molecule has 0 amide bonds. The van der Waals surface area contributed by atoms with Crippen LogP contribution in [0.5, 0.6) is 0 Å². The van der Waals surface area contributed by atoms with Gasteiger partial charge in [0.05, 0.1) is 22.4 Å². The second kappa shape index (κ2) is 10.6. The zero-order valence-corrected chi connectivity index (χ0v) is 23.4.